The van der Waals surface area contributed by atoms with Crippen LogP contribution in [-0.2, 0) is 23.1 Å². The van der Waals surface area contributed by atoms with Crippen LogP contribution in [0.4, 0.5) is 114 Å². The lowest BCUT2D eigenvalue weighted by Crippen LogP contribution is -2.74. The predicted molar refractivity (Wildman–Crippen MR) is 217 cm³/mol. The molecule has 458 valence electrons. The summed E-state index contributed by atoms with van der Waals surface area (Å²) >= 11 is 0. The first-order valence-electron chi connectivity index (χ1n) is 23.5. The standard InChI is InChI=1S/C42H62F26NO6P/c1-69(2,3)24-27-74-76(70,71)75-29-30(28-72-25-20-16-12-8-4-6-11-15-19-23-32(45,46)34(49,50)39(59,60)41(63,64)65)73-26-21-17-13-9-5-7-10-14-18-22-31(43,44)33(47,48)35(51,52)36(53,54)37(55,56)38(57,58)40(61,62)42(66,67)68/h30H,4-29H2,1-3H3/t30-/m1/s1. The predicted octanol–water partition coefficient (Wildman–Crippen LogP) is 15.9. The second kappa shape index (κ2) is 28.7. The maximum atomic E-state index is 14.2. The average Bonchev–Trinajstić information content (AvgIpc) is 3.25. The lowest BCUT2D eigenvalue weighted by Gasteiger charge is -2.42. The summed E-state index contributed by atoms with van der Waals surface area (Å²) in [6.45, 7) is -0.386. The van der Waals surface area contributed by atoms with Gasteiger partial charge < -0.3 is 27.9 Å². The Labute approximate surface area is 421 Å². The van der Waals surface area contributed by atoms with Crippen molar-refractivity contribution in [1.82, 2.24) is 0 Å². The zero-order valence-electron chi connectivity index (χ0n) is 41.1. The quantitative estimate of drug-likeness (QED) is 0.0262. The topological polar surface area (TPSA) is 77.1 Å². The van der Waals surface area contributed by atoms with E-state index in [1.165, 1.54) is 0 Å². The van der Waals surface area contributed by atoms with Crippen LogP contribution in [0.25, 0.3) is 0 Å². The monoisotopic (exact) mass is 1200 g/mol. The van der Waals surface area contributed by atoms with Gasteiger partial charge in [0.15, 0.2) is 0 Å². The number of phosphoric acid groups is 1. The van der Waals surface area contributed by atoms with Crippen molar-refractivity contribution in [3.8, 4) is 0 Å². The van der Waals surface area contributed by atoms with Gasteiger partial charge in [0, 0.05) is 26.1 Å². The van der Waals surface area contributed by atoms with Crippen molar-refractivity contribution in [2.75, 3.05) is 60.7 Å². The highest BCUT2D eigenvalue weighted by Crippen LogP contribution is 2.64. The Kier molecular flexibility index (Phi) is 28.0. The molecule has 0 aromatic heterocycles. The van der Waals surface area contributed by atoms with E-state index in [2.05, 4.69) is 0 Å². The van der Waals surface area contributed by atoms with Crippen LogP contribution in [0.3, 0.4) is 0 Å². The van der Waals surface area contributed by atoms with Gasteiger partial charge in [-0.25, -0.2) is 0 Å². The van der Waals surface area contributed by atoms with Crippen LogP contribution in [-0.4, -0.2) is 143 Å². The summed E-state index contributed by atoms with van der Waals surface area (Å²) in [7, 11) is 0.531. The fourth-order valence-electron chi connectivity index (χ4n) is 6.64. The number of halogens is 26. The molecule has 1 unspecified atom stereocenters. The van der Waals surface area contributed by atoms with E-state index in [0.29, 0.717) is 81.7 Å². The zero-order chi connectivity index (χ0) is 59.8. The van der Waals surface area contributed by atoms with Crippen molar-refractivity contribution < 1.29 is 147 Å². The van der Waals surface area contributed by atoms with Gasteiger partial charge in [0.1, 0.15) is 19.3 Å². The van der Waals surface area contributed by atoms with E-state index in [-0.39, 0.29) is 52.1 Å². The normalized spacial score (nSPS) is 16.1. The van der Waals surface area contributed by atoms with Crippen molar-refractivity contribution in [2.24, 2.45) is 0 Å². The molecular weight excluding hydrogens is 1140 g/mol. The minimum absolute atomic E-state index is 0.0374. The molecule has 0 spiro atoms. The Morgan fingerprint density at radius 2 is 0.658 bits per heavy atom. The summed E-state index contributed by atoms with van der Waals surface area (Å²) in [4.78, 5) is 12.3. The van der Waals surface area contributed by atoms with E-state index in [4.69, 9.17) is 18.5 Å². The summed E-state index contributed by atoms with van der Waals surface area (Å²) in [5.74, 6) is -75.7. The molecule has 76 heavy (non-hydrogen) atoms. The molecule has 0 aromatic carbocycles. The fourth-order valence-corrected chi connectivity index (χ4v) is 7.37. The van der Waals surface area contributed by atoms with Crippen molar-refractivity contribution >= 4 is 7.82 Å². The van der Waals surface area contributed by atoms with Crippen LogP contribution < -0.4 is 4.89 Å². The minimum Gasteiger partial charge on any atom is -0.756 e. The second-order valence-corrected chi connectivity index (χ2v) is 20.4. The number of unbranched alkanes of at least 4 members (excludes halogenated alkanes) is 16. The molecule has 7 nitrogen and oxygen atoms in total. The fraction of sp³-hybridized carbons (Fsp3) is 1.00. The van der Waals surface area contributed by atoms with Gasteiger partial charge in [-0.3, -0.25) is 4.57 Å². The molecule has 0 aliphatic rings. The number of rotatable bonds is 42. The molecule has 0 heterocycles. The molecule has 34 heteroatoms. The van der Waals surface area contributed by atoms with Crippen molar-refractivity contribution in [1.29, 1.82) is 0 Å². The van der Waals surface area contributed by atoms with Crippen molar-refractivity contribution in [3.63, 3.8) is 0 Å². The molecule has 0 rings (SSSR count). The highest BCUT2D eigenvalue weighted by Gasteiger charge is 2.95. The molecule has 0 saturated heterocycles. The van der Waals surface area contributed by atoms with E-state index in [1.807, 2.05) is 0 Å². The lowest BCUT2D eigenvalue weighted by molar-refractivity contribution is -0.870. The SMILES string of the molecule is C[N+](C)(C)CCOP(=O)([O-])OC[C@@H](COCCCCCCCCCCCC(F)(F)C(F)(F)C(F)(F)C(F)(F)F)OCCCCCCCCCCCC(F)(F)C(F)(F)C(F)(F)C(F)(F)C(F)(F)C(F)(F)C(F)(F)C(F)(F)F. The first-order valence-corrected chi connectivity index (χ1v) is 25.0. The van der Waals surface area contributed by atoms with Crippen LogP contribution in [0.1, 0.15) is 128 Å². The molecule has 0 radical (unpaired) electrons. The molecule has 0 amide bonds. The number of alkyl halides is 26. The Bertz CT molecular complexity index is 1710. The van der Waals surface area contributed by atoms with Gasteiger partial charge >= 0.3 is 71.6 Å². The van der Waals surface area contributed by atoms with Crippen LogP contribution >= 0.6 is 7.82 Å². The Morgan fingerprint density at radius 1 is 0.368 bits per heavy atom. The largest absolute Gasteiger partial charge is 0.756 e. The minimum atomic E-state index is -8.68. The maximum Gasteiger partial charge on any atom is 0.460 e. The van der Waals surface area contributed by atoms with Crippen LogP contribution in [0.2, 0.25) is 0 Å². The maximum absolute atomic E-state index is 14.2. The number of hydrogen-bond acceptors (Lipinski definition) is 6. The number of nitrogens with zero attached hydrogens (tertiary/aromatic N) is 1. The average molecular weight is 1200 g/mol. The number of ether oxygens (including phenoxy) is 2. The number of phosphoric ester groups is 1. The van der Waals surface area contributed by atoms with Gasteiger partial charge in [-0.2, -0.15) is 114 Å². The highest BCUT2D eigenvalue weighted by molar-refractivity contribution is 7.45. The van der Waals surface area contributed by atoms with E-state index < -0.39 is 124 Å². The van der Waals surface area contributed by atoms with Gasteiger partial charge in [-0.15, -0.1) is 0 Å². The molecule has 0 fully saturated rings. The van der Waals surface area contributed by atoms with Crippen molar-refractivity contribution in [2.45, 2.75) is 206 Å². The Balaban J connectivity index is 4.88. The molecule has 0 saturated carbocycles. The Hall–Kier alpha value is -1.83. The number of quaternary nitrogens is 1. The number of likely N-dealkylation sites (N-methyl/N-ethyl adjacent to an activating group) is 1. The third kappa shape index (κ3) is 20.0. The van der Waals surface area contributed by atoms with Crippen LogP contribution in [0.15, 0.2) is 0 Å². The molecule has 0 aliphatic heterocycles. The van der Waals surface area contributed by atoms with E-state index in [1.54, 1.807) is 21.1 Å². The van der Waals surface area contributed by atoms with Gasteiger partial charge in [0.2, 0.25) is 0 Å². The highest BCUT2D eigenvalue weighted by atomic mass is 31.2. The number of hydrogen-bond donors (Lipinski definition) is 0. The summed E-state index contributed by atoms with van der Waals surface area (Å²) in [6.07, 6.45) is -16.8. The molecule has 2 atom stereocenters. The summed E-state index contributed by atoms with van der Waals surface area (Å²) in [6, 6.07) is 0. The smallest absolute Gasteiger partial charge is 0.460 e. The van der Waals surface area contributed by atoms with Gasteiger partial charge in [0.05, 0.1) is 34.4 Å². The first kappa shape index (κ1) is 74.2. The van der Waals surface area contributed by atoms with Gasteiger partial charge in [-0.05, 0) is 25.7 Å². The van der Waals surface area contributed by atoms with E-state index in [0.717, 1.165) is 0 Å². The van der Waals surface area contributed by atoms with Crippen LogP contribution in [0.5, 0.6) is 0 Å². The summed E-state index contributed by atoms with van der Waals surface area (Å²) < 4.78 is 380. The molecule has 0 aliphatic carbocycles. The second-order valence-electron chi connectivity index (χ2n) is 19.0. The summed E-state index contributed by atoms with van der Waals surface area (Å²) in [5, 5.41) is 0. The Morgan fingerprint density at radius 3 is 1.01 bits per heavy atom. The van der Waals surface area contributed by atoms with Crippen LogP contribution in [0, 0.1) is 0 Å². The zero-order valence-corrected chi connectivity index (χ0v) is 42.0. The third-order valence-corrected chi connectivity index (χ3v) is 12.5. The molecule has 0 N–H and O–H groups in total. The van der Waals surface area contributed by atoms with Crippen molar-refractivity contribution in [3.05, 3.63) is 0 Å². The summed E-state index contributed by atoms with van der Waals surface area (Å²) in [5.41, 5.74) is 0. The first-order chi connectivity index (χ1) is 34.0. The van der Waals surface area contributed by atoms with Gasteiger partial charge in [0.25, 0.3) is 7.82 Å². The molecular formula is C42H62F26NO6P. The molecule has 0 bridgehead atoms. The van der Waals surface area contributed by atoms with Gasteiger partial charge in [-0.1, -0.05) is 89.9 Å². The lowest BCUT2D eigenvalue weighted by atomic mass is 9.87. The van der Waals surface area contributed by atoms with E-state index >= 15 is 0 Å². The third-order valence-electron chi connectivity index (χ3n) is 11.5. The molecule has 0 aromatic rings. The van der Waals surface area contributed by atoms with E-state index in [9.17, 15) is 124 Å².